The van der Waals surface area contributed by atoms with E-state index in [1.807, 2.05) is 0 Å². The molecule has 0 unspecified atom stereocenters. The van der Waals surface area contributed by atoms with Gasteiger partial charge in [0.1, 0.15) is 0 Å². The van der Waals surface area contributed by atoms with Crippen molar-refractivity contribution in [1.29, 1.82) is 0 Å². The predicted molar refractivity (Wildman–Crippen MR) is 112 cm³/mol. The van der Waals surface area contributed by atoms with Gasteiger partial charge < -0.3 is 4.74 Å². The molecule has 0 spiro atoms. The Morgan fingerprint density at radius 3 is 1.38 bits per heavy atom. The predicted octanol–water partition coefficient (Wildman–Crippen LogP) is 7.68. The minimum Gasteiger partial charge on any atom is -0.466 e. The summed E-state index contributed by atoms with van der Waals surface area (Å²) in [6.45, 7) is 0.625. The van der Waals surface area contributed by atoms with Crippen molar-refractivity contribution < 1.29 is 9.53 Å². The summed E-state index contributed by atoms with van der Waals surface area (Å²) in [6.07, 6.45) is 31.4. The highest BCUT2D eigenvalue weighted by Crippen LogP contribution is 2.11. The molecule has 2 rings (SSSR count). The molecule has 0 aromatic heterocycles. The molecule has 0 aromatic carbocycles. The van der Waals surface area contributed by atoms with E-state index in [2.05, 4.69) is 24.3 Å². The lowest BCUT2D eigenvalue weighted by Gasteiger charge is -2.04. The van der Waals surface area contributed by atoms with Crippen LogP contribution in [-0.2, 0) is 9.53 Å². The highest BCUT2D eigenvalue weighted by molar-refractivity contribution is 5.69. The fourth-order valence-corrected chi connectivity index (χ4v) is 3.39. The van der Waals surface area contributed by atoms with Gasteiger partial charge in [-0.15, -0.1) is 0 Å². The first-order valence-corrected chi connectivity index (χ1v) is 11.4. The van der Waals surface area contributed by atoms with Crippen molar-refractivity contribution in [1.82, 2.24) is 0 Å². The zero-order valence-corrected chi connectivity index (χ0v) is 17.1. The van der Waals surface area contributed by atoms with E-state index in [0.717, 1.165) is 25.7 Å². The minimum absolute atomic E-state index is 0.00476. The molecule has 1 aliphatic heterocycles. The maximum atomic E-state index is 11.4. The van der Waals surface area contributed by atoms with Gasteiger partial charge in [0.15, 0.2) is 0 Å². The molecule has 1 aliphatic carbocycles. The minimum atomic E-state index is -0.00476. The third-order valence-electron chi connectivity index (χ3n) is 5.10. The Balaban J connectivity index is 0.000000350. The van der Waals surface area contributed by atoms with Gasteiger partial charge in [-0.05, 0) is 64.2 Å². The lowest BCUT2D eigenvalue weighted by atomic mass is 10.1. The van der Waals surface area contributed by atoms with Crippen LogP contribution in [0, 0.1) is 0 Å². The van der Waals surface area contributed by atoms with E-state index in [-0.39, 0.29) is 5.97 Å². The zero-order valence-electron chi connectivity index (χ0n) is 17.1. The van der Waals surface area contributed by atoms with Crippen LogP contribution < -0.4 is 0 Å². The van der Waals surface area contributed by atoms with Gasteiger partial charge in [-0.25, -0.2) is 0 Å². The molecule has 0 amide bonds. The van der Waals surface area contributed by atoms with Gasteiger partial charge in [0.05, 0.1) is 6.61 Å². The van der Waals surface area contributed by atoms with Crippen molar-refractivity contribution in [2.45, 2.75) is 116 Å². The maximum Gasteiger partial charge on any atom is 0.305 e. The Kier molecular flexibility index (Phi) is 16.6. The van der Waals surface area contributed by atoms with Crippen LogP contribution in [0.25, 0.3) is 0 Å². The first-order chi connectivity index (χ1) is 12.9. The molecule has 150 valence electrons. The summed E-state index contributed by atoms with van der Waals surface area (Å²) in [7, 11) is 0. The number of cyclic esters (lactones) is 1. The van der Waals surface area contributed by atoms with Crippen molar-refractivity contribution in [3.63, 3.8) is 0 Å². The summed E-state index contributed by atoms with van der Waals surface area (Å²) < 4.78 is 5.21. The monoisotopic (exact) mass is 362 g/mol. The summed E-state index contributed by atoms with van der Waals surface area (Å²) in [6, 6.07) is 0. The van der Waals surface area contributed by atoms with E-state index in [1.165, 1.54) is 83.5 Å². The van der Waals surface area contributed by atoms with Crippen molar-refractivity contribution in [3.8, 4) is 0 Å². The molecule has 2 aliphatic rings. The normalized spacial score (nSPS) is 23.3. The SMILES string of the molecule is C1=C\CCCCCC/1.O=C1CCCCCC=CCCCCCCCCO1. The molecule has 26 heavy (non-hydrogen) atoms. The Morgan fingerprint density at radius 1 is 0.500 bits per heavy atom. The van der Waals surface area contributed by atoms with E-state index in [1.54, 1.807) is 0 Å². The molecule has 0 N–H and O–H groups in total. The fraction of sp³-hybridized carbons (Fsp3) is 0.792. The molecule has 0 bridgehead atoms. The molecule has 0 saturated carbocycles. The molecule has 0 saturated heterocycles. The maximum absolute atomic E-state index is 11.4. The lowest BCUT2D eigenvalue weighted by molar-refractivity contribution is -0.143. The first-order valence-electron chi connectivity index (χ1n) is 11.4. The van der Waals surface area contributed by atoms with Crippen molar-refractivity contribution >= 4 is 5.97 Å². The van der Waals surface area contributed by atoms with E-state index >= 15 is 0 Å². The molecule has 0 radical (unpaired) electrons. The van der Waals surface area contributed by atoms with Crippen molar-refractivity contribution in [3.05, 3.63) is 24.3 Å². The highest BCUT2D eigenvalue weighted by Gasteiger charge is 2.02. The molecule has 1 heterocycles. The highest BCUT2D eigenvalue weighted by atomic mass is 16.5. The zero-order chi connectivity index (χ0) is 18.5. The Bertz CT molecular complexity index is 360. The molecule has 0 atom stereocenters. The third-order valence-corrected chi connectivity index (χ3v) is 5.10. The second-order valence-corrected chi connectivity index (χ2v) is 7.66. The van der Waals surface area contributed by atoms with E-state index in [4.69, 9.17) is 4.74 Å². The first kappa shape index (κ1) is 23.0. The van der Waals surface area contributed by atoms with E-state index in [0.29, 0.717) is 13.0 Å². The van der Waals surface area contributed by atoms with Gasteiger partial charge in [0.25, 0.3) is 0 Å². The van der Waals surface area contributed by atoms with E-state index < -0.39 is 0 Å². The Labute approximate surface area is 162 Å². The van der Waals surface area contributed by atoms with Gasteiger partial charge in [0.2, 0.25) is 0 Å². The van der Waals surface area contributed by atoms with Gasteiger partial charge in [0, 0.05) is 6.42 Å². The summed E-state index contributed by atoms with van der Waals surface area (Å²) in [4.78, 5) is 11.4. The van der Waals surface area contributed by atoms with E-state index in [9.17, 15) is 4.79 Å². The quantitative estimate of drug-likeness (QED) is 0.326. The number of rotatable bonds is 0. The Morgan fingerprint density at radius 2 is 0.885 bits per heavy atom. The average Bonchev–Trinajstić information content (AvgIpc) is 2.61. The van der Waals surface area contributed by atoms with Gasteiger partial charge in [-0.2, -0.15) is 0 Å². The number of carbonyl (C=O) groups is 1. The second kappa shape index (κ2) is 18.7. The van der Waals surface area contributed by atoms with Crippen molar-refractivity contribution in [2.24, 2.45) is 0 Å². The number of hydrogen-bond acceptors (Lipinski definition) is 2. The number of esters is 1. The number of carbonyl (C=O) groups excluding carboxylic acids is 1. The van der Waals surface area contributed by atoms with Crippen LogP contribution in [-0.4, -0.2) is 12.6 Å². The van der Waals surface area contributed by atoms with Gasteiger partial charge >= 0.3 is 5.97 Å². The van der Waals surface area contributed by atoms with Gasteiger partial charge in [-0.3, -0.25) is 4.79 Å². The standard InChI is InChI=1S/C16H28O2.C8H14/c17-16-14-12-10-8-6-4-2-1-3-5-7-9-11-13-15-18-16;1-2-4-6-8-7-5-3-1/h2,4H,1,3,5-15H2;1-2H,3-8H2/b;2-1-. The van der Waals surface area contributed by atoms with Crippen molar-refractivity contribution in [2.75, 3.05) is 6.61 Å². The third kappa shape index (κ3) is 16.4. The van der Waals surface area contributed by atoms with Crippen LogP contribution in [0.4, 0.5) is 0 Å². The number of allylic oxidation sites excluding steroid dienone is 4. The molecular formula is C24H42O2. The van der Waals surface area contributed by atoms with Crippen LogP contribution in [0.5, 0.6) is 0 Å². The number of ether oxygens (including phenoxy) is 1. The largest absolute Gasteiger partial charge is 0.466 e. The molecule has 2 nitrogen and oxygen atoms in total. The Hall–Kier alpha value is -1.05. The summed E-state index contributed by atoms with van der Waals surface area (Å²) in [5, 5.41) is 0. The van der Waals surface area contributed by atoms with Crippen LogP contribution in [0.3, 0.4) is 0 Å². The summed E-state index contributed by atoms with van der Waals surface area (Å²) >= 11 is 0. The van der Waals surface area contributed by atoms with Crippen LogP contribution in [0.1, 0.15) is 116 Å². The molecule has 0 fully saturated rings. The average molecular weight is 363 g/mol. The van der Waals surface area contributed by atoms with Crippen LogP contribution in [0.2, 0.25) is 0 Å². The fourth-order valence-electron chi connectivity index (χ4n) is 3.39. The summed E-state index contributed by atoms with van der Waals surface area (Å²) in [5.74, 6) is -0.00476. The smallest absolute Gasteiger partial charge is 0.305 e. The van der Waals surface area contributed by atoms with Gasteiger partial charge in [-0.1, -0.05) is 69.2 Å². The summed E-state index contributed by atoms with van der Waals surface area (Å²) in [5.41, 5.74) is 0. The van der Waals surface area contributed by atoms with Crippen LogP contribution in [0.15, 0.2) is 24.3 Å². The molecule has 0 aromatic rings. The lowest BCUT2D eigenvalue weighted by Crippen LogP contribution is -2.05. The molecule has 2 heteroatoms. The van der Waals surface area contributed by atoms with Crippen LogP contribution >= 0.6 is 0 Å². The topological polar surface area (TPSA) is 26.3 Å². The number of hydrogen-bond donors (Lipinski definition) is 0. The second-order valence-electron chi connectivity index (χ2n) is 7.66. The molecular weight excluding hydrogens is 320 g/mol.